The van der Waals surface area contributed by atoms with Gasteiger partial charge in [0, 0.05) is 0 Å². The van der Waals surface area contributed by atoms with Crippen molar-refractivity contribution in [3.8, 4) is 11.8 Å². The summed E-state index contributed by atoms with van der Waals surface area (Å²) in [7, 11) is 1.57. The molecule has 0 spiro atoms. The van der Waals surface area contributed by atoms with Gasteiger partial charge in [0.25, 0.3) is 5.91 Å². The summed E-state index contributed by atoms with van der Waals surface area (Å²) >= 11 is 1.21. The number of methoxy groups -OCH3 is 1. The first-order chi connectivity index (χ1) is 12.6. The Kier molecular flexibility index (Phi) is 7.15. The second-order valence-electron chi connectivity index (χ2n) is 4.77. The van der Waals surface area contributed by atoms with Gasteiger partial charge in [0.2, 0.25) is 6.61 Å². The molecule has 0 unspecified atom stereocenters. The van der Waals surface area contributed by atoms with E-state index < -0.39 is 25.1 Å². The van der Waals surface area contributed by atoms with Gasteiger partial charge in [0.15, 0.2) is 6.61 Å². The molecule has 1 aromatic heterocycles. The highest BCUT2D eigenvalue weighted by atomic mass is 32.1. The Hall–Kier alpha value is -3.38. The molecule has 26 heavy (non-hydrogen) atoms. The van der Waals surface area contributed by atoms with Gasteiger partial charge in [-0.2, -0.15) is 5.26 Å². The third-order valence-corrected chi connectivity index (χ3v) is 3.81. The Labute approximate surface area is 153 Å². The fourth-order valence-electron chi connectivity index (χ4n) is 1.72. The Balaban J connectivity index is 1.67. The van der Waals surface area contributed by atoms with E-state index in [1.54, 1.807) is 42.8 Å². The average molecular weight is 373 g/mol. The average Bonchev–Trinajstić information content (AvgIpc) is 3.11. The normalized spacial score (nSPS) is 10.2. The number of nitrogens with one attached hydrogen (secondary N) is 1. The molecule has 0 bridgehead atoms. The van der Waals surface area contributed by atoms with Crippen LogP contribution in [0.2, 0.25) is 0 Å². The van der Waals surface area contributed by atoms with E-state index in [4.69, 9.17) is 19.6 Å². The number of benzene rings is 1. The Morgan fingerprint density at radius 3 is 2.73 bits per heavy atom. The molecular formula is C17H15N3O5S. The molecule has 0 aliphatic heterocycles. The first kappa shape index (κ1) is 19.0. The zero-order valence-corrected chi connectivity index (χ0v) is 14.6. The standard InChI is InChI=1S/C17H15N3O5S/c1-23-14-4-2-12(3-5-14)9-19-25-11-16(22)24-10-15(21)20-17-13(8-18)6-7-26-17/h2-7,9H,10-11H2,1H3,(H,20,21)/b19-9-. The van der Waals surface area contributed by atoms with Crippen LogP contribution in [-0.2, 0) is 19.2 Å². The number of hydrogen-bond donors (Lipinski definition) is 1. The molecule has 0 saturated heterocycles. The molecule has 0 aliphatic carbocycles. The summed E-state index contributed by atoms with van der Waals surface area (Å²) in [5.41, 5.74) is 1.12. The maximum Gasteiger partial charge on any atom is 0.347 e. The number of thiophene rings is 1. The van der Waals surface area contributed by atoms with Crippen LogP contribution < -0.4 is 10.1 Å². The van der Waals surface area contributed by atoms with E-state index in [1.807, 2.05) is 6.07 Å². The zero-order chi connectivity index (χ0) is 18.8. The van der Waals surface area contributed by atoms with Gasteiger partial charge in [-0.3, -0.25) is 4.79 Å². The van der Waals surface area contributed by atoms with Crippen molar-refractivity contribution in [3.63, 3.8) is 0 Å². The molecule has 2 aromatic rings. The molecule has 0 fully saturated rings. The lowest BCUT2D eigenvalue weighted by Gasteiger charge is -2.05. The minimum absolute atomic E-state index is 0.353. The third kappa shape index (κ3) is 5.92. The number of oxime groups is 1. The highest BCUT2D eigenvalue weighted by molar-refractivity contribution is 7.14. The number of ether oxygens (including phenoxy) is 2. The van der Waals surface area contributed by atoms with Crippen molar-refractivity contribution in [1.29, 1.82) is 5.26 Å². The van der Waals surface area contributed by atoms with Crippen molar-refractivity contribution < 1.29 is 23.9 Å². The van der Waals surface area contributed by atoms with Gasteiger partial charge in [0.05, 0.1) is 18.9 Å². The van der Waals surface area contributed by atoms with Crippen molar-refractivity contribution >= 4 is 34.4 Å². The minimum atomic E-state index is -0.737. The number of hydrogen-bond acceptors (Lipinski definition) is 8. The third-order valence-electron chi connectivity index (χ3n) is 2.98. The predicted molar refractivity (Wildman–Crippen MR) is 95.2 cm³/mol. The fraction of sp³-hybridized carbons (Fsp3) is 0.176. The second kappa shape index (κ2) is 9.80. The van der Waals surface area contributed by atoms with Gasteiger partial charge in [-0.1, -0.05) is 5.16 Å². The SMILES string of the molecule is COc1ccc(/C=N\OCC(=O)OCC(=O)Nc2sccc2C#N)cc1. The van der Waals surface area contributed by atoms with Crippen molar-refractivity contribution in [1.82, 2.24) is 0 Å². The number of rotatable bonds is 8. The molecule has 1 amide bonds. The van der Waals surface area contributed by atoms with Crippen LogP contribution in [0, 0.1) is 11.3 Å². The molecule has 0 atom stereocenters. The van der Waals surface area contributed by atoms with Crippen LogP contribution in [0.25, 0.3) is 0 Å². The lowest BCUT2D eigenvalue weighted by Crippen LogP contribution is -2.22. The summed E-state index contributed by atoms with van der Waals surface area (Å²) in [5.74, 6) is -0.563. The maximum absolute atomic E-state index is 11.7. The highest BCUT2D eigenvalue weighted by Gasteiger charge is 2.11. The van der Waals surface area contributed by atoms with E-state index in [9.17, 15) is 9.59 Å². The topological polar surface area (TPSA) is 110 Å². The fourth-order valence-corrected chi connectivity index (χ4v) is 2.48. The van der Waals surface area contributed by atoms with E-state index in [0.717, 1.165) is 11.3 Å². The summed E-state index contributed by atoms with van der Waals surface area (Å²) in [6.07, 6.45) is 1.43. The molecule has 9 heteroatoms. The minimum Gasteiger partial charge on any atom is -0.497 e. The van der Waals surface area contributed by atoms with Gasteiger partial charge >= 0.3 is 5.97 Å². The van der Waals surface area contributed by atoms with Crippen LogP contribution in [0.4, 0.5) is 5.00 Å². The molecule has 8 nitrogen and oxygen atoms in total. The lowest BCUT2D eigenvalue weighted by atomic mass is 10.2. The summed E-state index contributed by atoms with van der Waals surface area (Å²) < 4.78 is 9.80. The molecule has 2 rings (SSSR count). The first-order valence-corrected chi connectivity index (χ1v) is 8.23. The number of anilines is 1. The molecule has 1 aromatic carbocycles. The maximum atomic E-state index is 11.7. The summed E-state index contributed by atoms with van der Waals surface area (Å²) in [4.78, 5) is 28.0. The van der Waals surface area contributed by atoms with E-state index in [-0.39, 0.29) is 0 Å². The molecular weight excluding hydrogens is 358 g/mol. The molecule has 0 aliphatic rings. The lowest BCUT2D eigenvalue weighted by molar-refractivity contribution is -0.151. The number of nitriles is 1. The molecule has 134 valence electrons. The monoisotopic (exact) mass is 373 g/mol. The van der Waals surface area contributed by atoms with Gasteiger partial charge in [-0.25, -0.2) is 4.79 Å². The molecule has 0 saturated carbocycles. The summed E-state index contributed by atoms with van der Waals surface area (Å²) in [6.45, 7) is -0.907. The molecule has 0 radical (unpaired) electrons. The molecule has 1 heterocycles. The molecule has 1 N–H and O–H groups in total. The van der Waals surface area contributed by atoms with Gasteiger partial charge < -0.3 is 19.6 Å². The van der Waals surface area contributed by atoms with Crippen LogP contribution in [0.1, 0.15) is 11.1 Å². The van der Waals surface area contributed by atoms with Gasteiger partial charge in [0.1, 0.15) is 16.8 Å². The van der Waals surface area contributed by atoms with Crippen LogP contribution in [0.5, 0.6) is 5.75 Å². The summed E-state index contributed by atoms with van der Waals surface area (Å²) in [5, 5.41) is 17.1. The van der Waals surface area contributed by atoms with Crippen LogP contribution in [0.3, 0.4) is 0 Å². The number of amides is 1. The highest BCUT2D eigenvalue weighted by Crippen LogP contribution is 2.21. The first-order valence-electron chi connectivity index (χ1n) is 7.35. The number of nitrogens with zero attached hydrogens (tertiary/aromatic N) is 2. The largest absolute Gasteiger partial charge is 0.497 e. The van der Waals surface area contributed by atoms with Crippen LogP contribution in [-0.4, -0.2) is 38.4 Å². The van der Waals surface area contributed by atoms with Crippen LogP contribution in [0.15, 0.2) is 40.9 Å². The van der Waals surface area contributed by atoms with E-state index >= 15 is 0 Å². The van der Waals surface area contributed by atoms with E-state index in [1.165, 1.54) is 17.6 Å². The number of carbonyl (C=O) groups is 2. The van der Waals surface area contributed by atoms with Crippen molar-refractivity contribution in [3.05, 3.63) is 46.8 Å². The number of esters is 1. The van der Waals surface area contributed by atoms with Crippen molar-refractivity contribution in [2.45, 2.75) is 0 Å². The Morgan fingerprint density at radius 2 is 2.04 bits per heavy atom. The second-order valence-corrected chi connectivity index (χ2v) is 5.68. The van der Waals surface area contributed by atoms with Gasteiger partial charge in [-0.15, -0.1) is 11.3 Å². The van der Waals surface area contributed by atoms with Crippen molar-refractivity contribution in [2.24, 2.45) is 5.16 Å². The smallest absolute Gasteiger partial charge is 0.347 e. The summed E-state index contributed by atoms with van der Waals surface area (Å²) in [6, 6.07) is 10.6. The Morgan fingerprint density at radius 1 is 1.27 bits per heavy atom. The van der Waals surface area contributed by atoms with E-state index in [0.29, 0.717) is 10.6 Å². The zero-order valence-electron chi connectivity index (χ0n) is 13.8. The van der Waals surface area contributed by atoms with Crippen molar-refractivity contribution in [2.75, 3.05) is 25.6 Å². The Bertz CT molecular complexity index is 824. The predicted octanol–water partition coefficient (Wildman–Crippen LogP) is 2.16. The van der Waals surface area contributed by atoms with Gasteiger partial charge in [-0.05, 0) is 41.3 Å². The van der Waals surface area contributed by atoms with Crippen LogP contribution >= 0.6 is 11.3 Å². The quantitative estimate of drug-likeness (QED) is 0.431. The van der Waals surface area contributed by atoms with E-state index in [2.05, 4.69) is 10.5 Å². The number of carbonyl (C=O) groups excluding carboxylic acids is 2.